The lowest BCUT2D eigenvalue weighted by Gasteiger charge is -2.39. The Morgan fingerprint density at radius 1 is 0.909 bits per heavy atom. The summed E-state index contributed by atoms with van der Waals surface area (Å²) in [6.07, 6.45) is 8.56. The summed E-state index contributed by atoms with van der Waals surface area (Å²) >= 11 is 7.04. The number of nitrogens with zero attached hydrogens (tertiary/aromatic N) is 6. The maximum Gasteiger partial charge on any atom is 0.243 e. The van der Waals surface area contributed by atoms with Crippen LogP contribution < -0.4 is 16.0 Å². The topological polar surface area (TPSA) is 119 Å². The molecule has 12 heteroatoms. The fraction of sp³-hybridized carbons (Fsp3) is 0.465. The molecule has 11 nitrogen and oxygen atoms in total. The Balaban J connectivity index is 0.797. The summed E-state index contributed by atoms with van der Waals surface area (Å²) in [5, 5.41) is 13.1. The fourth-order valence-electron chi connectivity index (χ4n) is 9.55. The Hall–Kier alpha value is -4.26. The van der Waals surface area contributed by atoms with E-state index < -0.39 is 0 Å². The first-order chi connectivity index (χ1) is 26.8. The van der Waals surface area contributed by atoms with Gasteiger partial charge in [0.1, 0.15) is 0 Å². The quantitative estimate of drug-likeness (QED) is 0.157. The number of nitrogens with one attached hydrogen (secondary N) is 2. The van der Waals surface area contributed by atoms with Gasteiger partial charge in [-0.05, 0) is 111 Å². The van der Waals surface area contributed by atoms with Crippen molar-refractivity contribution in [2.75, 3.05) is 57.3 Å². The van der Waals surface area contributed by atoms with Crippen LogP contribution in [-0.2, 0) is 35.8 Å². The number of aryl methyl sites for hydroxylation is 2. The standard InChI is InChI=1S/C43H52ClN9O2/c1-28-19-37-35(22-46-48-37)41(42(28)44)36-27-52(12-2-11-45)38-6-3-30(20-34(36)38)24-49-13-9-29(10-14-49)23-50-15-17-51(18-16-50)33-5-4-31-25-53(26-32(31)21-33)39-7-8-40(54)47-43(39)55/h3-6,19-22,27,29,39H,2,7-18,23-26,45H2,1H3,(H,46,48)(H,47,54,55). The molecule has 4 aliphatic heterocycles. The van der Waals surface area contributed by atoms with E-state index in [0.717, 1.165) is 110 Å². The van der Waals surface area contributed by atoms with Crippen molar-refractivity contribution in [1.82, 2.24) is 34.8 Å². The summed E-state index contributed by atoms with van der Waals surface area (Å²) in [7, 11) is 0. The van der Waals surface area contributed by atoms with Crippen LogP contribution in [0.15, 0.2) is 54.9 Å². The number of carbonyl (C=O) groups excluding carboxylic acids is 2. The first-order valence-corrected chi connectivity index (χ1v) is 20.5. The minimum absolute atomic E-state index is 0.149. The van der Waals surface area contributed by atoms with Crippen molar-refractivity contribution in [2.24, 2.45) is 11.7 Å². The Labute approximate surface area is 327 Å². The summed E-state index contributed by atoms with van der Waals surface area (Å²) in [6, 6.07) is 15.7. The van der Waals surface area contributed by atoms with E-state index in [-0.39, 0.29) is 17.9 Å². The molecule has 4 N–H and O–H groups in total. The third-order valence-corrected chi connectivity index (χ3v) is 13.1. The van der Waals surface area contributed by atoms with Gasteiger partial charge in [0.25, 0.3) is 0 Å². The number of H-pyrrole nitrogens is 1. The van der Waals surface area contributed by atoms with Crippen molar-refractivity contribution in [1.29, 1.82) is 0 Å². The van der Waals surface area contributed by atoms with Crippen LogP contribution in [0, 0.1) is 12.8 Å². The second-order valence-electron chi connectivity index (χ2n) is 16.3. The molecular weight excluding hydrogens is 710 g/mol. The second-order valence-corrected chi connectivity index (χ2v) is 16.7. The zero-order chi connectivity index (χ0) is 37.6. The van der Waals surface area contributed by atoms with Crippen LogP contribution in [0.4, 0.5) is 5.69 Å². The van der Waals surface area contributed by atoms with Gasteiger partial charge in [-0.1, -0.05) is 23.7 Å². The highest BCUT2D eigenvalue weighted by atomic mass is 35.5. The number of rotatable bonds is 10. The molecule has 0 bridgehead atoms. The highest BCUT2D eigenvalue weighted by molar-refractivity contribution is 6.36. The molecule has 5 aromatic rings. The smallest absolute Gasteiger partial charge is 0.243 e. The molecule has 2 aromatic heterocycles. The third-order valence-electron chi connectivity index (χ3n) is 12.6. The van der Waals surface area contributed by atoms with Gasteiger partial charge in [0.2, 0.25) is 11.8 Å². The number of hydrogen-bond acceptors (Lipinski definition) is 8. The fourth-order valence-corrected chi connectivity index (χ4v) is 9.80. The molecule has 0 spiro atoms. The number of piperidine rings is 2. The summed E-state index contributed by atoms with van der Waals surface area (Å²) in [5.74, 6) is 0.425. The molecule has 4 aliphatic rings. The van der Waals surface area contributed by atoms with Gasteiger partial charge < -0.3 is 15.2 Å². The number of nitrogens with two attached hydrogens (primary N) is 1. The highest BCUT2D eigenvalue weighted by Crippen LogP contribution is 2.42. The van der Waals surface area contributed by atoms with E-state index in [0.29, 0.717) is 19.4 Å². The van der Waals surface area contributed by atoms with Gasteiger partial charge in [-0.15, -0.1) is 0 Å². The van der Waals surface area contributed by atoms with Crippen LogP contribution in [0.3, 0.4) is 0 Å². The van der Waals surface area contributed by atoms with E-state index >= 15 is 0 Å². The van der Waals surface area contributed by atoms with Crippen molar-refractivity contribution in [2.45, 2.75) is 71.2 Å². The number of piperazine rings is 1. The van der Waals surface area contributed by atoms with Crippen LogP contribution in [0.2, 0.25) is 5.02 Å². The number of aromatic nitrogens is 3. The van der Waals surface area contributed by atoms with Crippen molar-refractivity contribution in [3.8, 4) is 11.1 Å². The molecule has 2 amide bonds. The minimum Gasteiger partial charge on any atom is -0.369 e. The third kappa shape index (κ3) is 7.29. The highest BCUT2D eigenvalue weighted by Gasteiger charge is 2.35. The summed E-state index contributed by atoms with van der Waals surface area (Å²) < 4.78 is 2.34. The summed E-state index contributed by atoms with van der Waals surface area (Å²) in [5.41, 5.74) is 16.6. The molecule has 6 heterocycles. The molecule has 288 valence electrons. The van der Waals surface area contributed by atoms with Gasteiger partial charge in [-0.25, -0.2) is 0 Å². The number of aromatic amines is 1. The average molecular weight is 762 g/mol. The first-order valence-electron chi connectivity index (χ1n) is 20.1. The maximum absolute atomic E-state index is 12.5. The predicted molar refractivity (Wildman–Crippen MR) is 219 cm³/mol. The van der Waals surface area contributed by atoms with Gasteiger partial charge in [0.05, 0.1) is 22.8 Å². The van der Waals surface area contributed by atoms with E-state index in [4.69, 9.17) is 17.3 Å². The first kappa shape index (κ1) is 36.4. The lowest BCUT2D eigenvalue weighted by atomic mass is 9.95. The Bertz CT molecular complexity index is 2230. The number of anilines is 1. The van der Waals surface area contributed by atoms with Crippen molar-refractivity contribution >= 4 is 50.9 Å². The largest absolute Gasteiger partial charge is 0.369 e. The predicted octanol–water partition coefficient (Wildman–Crippen LogP) is 5.65. The van der Waals surface area contributed by atoms with Crippen LogP contribution in [-0.4, -0.2) is 99.7 Å². The molecule has 1 unspecified atom stereocenters. The number of likely N-dealkylation sites (tertiary alicyclic amines) is 1. The normalized spacial score (nSPS) is 20.6. The minimum atomic E-state index is -0.217. The zero-order valence-corrected chi connectivity index (χ0v) is 32.6. The molecule has 3 aromatic carbocycles. The molecule has 9 rings (SSSR count). The molecule has 0 aliphatic carbocycles. The number of fused-ring (bicyclic) bond motifs is 3. The number of amides is 2. The zero-order valence-electron chi connectivity index (χ0n) is 31.8. The SMILES string of the molecule is Cc1cc2[nH]ncc2c(-c2cn(CCCN)c3ccc(CN4CCC(CN5CCN(c6ccc7c(c6)CN(C6CCC(=O)NC6=O)C7)CC5)CC4)cc23)c1Cl. The summed E-state index contributed by atoms with van der Waals surface area (Å²) in [4.78, 5) is 34.2. The van der Waals surface area contributed by atoms with Crippen molar-refractivity contribution in [3.63, 3.8) is 0 Å². The molecule has 3 fully saturated rings. The van der Waals surface area contributed by atoms with E-state index in [1.165, 1.54) is 52.7 Å². The van der Waals surface area contributed by atoms with Crippen molar-refractivity contribution < 1.29 is 9.59 Å². The molecular formula is C43H52ClN9O2. The average Bonchev–Trinajstić information content (AvgIpc) is 3.92. The Kier molecular flexibility index (Phi) is 10.2. The van der Waals surface area contributed by atoms with Gasteiger partial charge in [0, 0.05) is 105 Å². The molecule has 0 radical (unpaired) electrons. The number of halogens is 1. The van der Waals surface area contributed by atoms with Gasteiger partial charge in [-0.2, -0.15) is 5.10 Å². The maximum atomic E-state index is 12.5. The molecule has 0 saturated carbocycles. The summed E-state index contributed by atoms with van der Waals surface area (Å²) in [6.45, 7) is 13.7. The van der Waals surface area contributed by atoms with E-state index in [1.807, 2.05) is 6.20 Å². The van der Waals surface area contributed by atoms with E-state index in [1.54, 1.807) is 0 Å². The van der Waals surface area contributed by atoms with Crippen LogP contribution in [0.25, 0.3) is 32.9 Å². The number of hydrogen-bond donors (Lipinski definition) is 3. The van der Waals surface area contributed by atoms with Crippen LogP contribution in [0.5, 0.6) is 0 Å². The second kappa shape index (κ2) is 15.3. The van der Waals surface area contributed by atoms with Gasteiger partial charge in [0.15, 0.2) is 0 Å². The van der Waals surface area contributed by atoms with E-state index in [9.17, 15) is 9.59 Å². The molecule has 3 saturated heterocycles. The number of carbonyl (C=O) groups is 2. The Morgan fingerprint density at radius 3 is 2.53 bits per heavy atom. The monoisotopic (exact) mass is 761 g/mol. The van der Waals surface area contributed by atoms with Crippen LogP contribution >= 0.6 is 11.6 Å². The molecule has 55 heavy (non-hydrogen) atoms. The van der Waals surface area contributed by atoms with Crippen LogP contribution in [0.1, 0.15) is 54.4 Å². The Morgan fingerprint density at radius 2 is 1.73 bits per heavy atom. The number of imide groups is 1. The number of benzene rings is 3. The van der Waals surface area contributed by atoms with E-state index in [2.05, 4.69) is 95.3 Å². The van der Waals surface area contributed by atoms with Gasteiger partial charge in [-0.3, -0.25) is 34.7 Å². The lowest BCUT2D eigenvalue weighted by Crippen LogP contribution is -2.50. The van der Waals surface area contributed by atoms with Crippen molar-refractivity contribution in [3.05, 3.63) is 82.1 Å². The molecule has 1 atom stereocenters. The van der Waals surface area contributed by atoms with Gasteiger partial charge >= 0.3 is 0 Å². The lowest BCUT2D eigenvalue weighted by molar-refractivity contribution is -0.137.